The Hall–Kier alpha value is -2.14. The largest absolute Gasteiger partial charge is 0.469 e. The normalized spacial score (nSPS) is 13.9. The van der Waals surface area contributed by atoms with Crippen molar-refractivity contribution in [1.29, 1.82) is 0 Å². The fraction of sp³-hybridized carbons (Fsp3) is 0.267. The van der Waals surface area contributed by atoms with Gasteiger partial charge in [-0.1, -0.05) is 6.07 Å². The highest BCUT2D eigenvalue weighted by atomic mass is 19.1. The van der Waals surface area contributed by atoms with Gasteiger partial charge >= 0.3 is 0 Å². The first-order chi connectivity index (χ1) is 9.66. The summed E-state index contributed by atoms with van der Waals surface area (Å²) in [6, 6.07) is 5.03. The van der Waals surface area contributed by atoms with Gasteiger partial charge in [0.05, 0.1) is 17.5 Å². The summed E-state index contributed by atoms with van der Waals surface area (Å²) < 4.78 is 19.5. The van der Waals surface area contributed by atoms with Crippen molar-refractivity contribution in [1.82, 2.24) is 5.32 Å². The van der Waals surface area contributed by atoms with Crippen LogP contribution in [-0.2, 0) is 13.0 Å². The molecule has 0 unspecified atom stereocenters. The number of carbonyl (C=O) groups is 1. The van der Waals surface area contributed by atoms with Crippen molar-refractivity contribution in [2.75, 3.05) is 11.9 Å². The van der Waals surface area contributed by atoms with Crippen molar-refractivity contribution < 1.29 is 13.6 Å². The molecule has 1 amide bonds. The molecule has 20 heavy (non-hydrogen) atoms. The maximum absolute atomic E-state index is 14.4. The lowest BCUT2D eigenvalue weighted by Gasteiger charge is -2.19. The van der Waals surface area contributed by atoms with E-state index in [1.165, 1.54) is 6.26 Å². The Morgan fingerprint density at radius 2 is 2.25 bits per heavy atom. The maximum Gasteiger partial charge on any atom is 0.259 e. The molecule has 0 atom stereocenters. The van der Waals surface area contributed by atoms with Gasteiger partial charge in [-0.05, 0) is 43.1 Å². The molecule has 0 spiro atoms. The fourth-order valence-electron chi connectivity index (χ4n) is 2.44. The first kappa shape index (κ1) is 12.9. The Bertz CT molecular complexity index is 664. The number of fused-ring (bicyclic) bond motifs is 1. The predicted molar refractivity (Wildman–Crippen MR) is 73.2 cm³/mol. The van der Waals surface area contributed by atoms with Crippen molar-refractivity contribution in [2.45, 2.75) is 19.9 Å². The molecule has 2 N–H and O–H groups in total. The maximum atomic E-state index is 14.4. The molecular weight excluding hydrogens is 259 g/mol. The van der Waals surface area contributed by atoms with Crippen molar-refractivity contribution in [3.05, 3.63) is 52.7 Å². The van der Waals surface area contributed by atoms with Crippen LogP contribution in [0.4, 0.5) is 10.1 Å². The van der Waals surface area contributed by atoms with Gasteiger partial charge in [0.25, 0.3) is 5.91 Å². The van der Waals surface area contributed by atoms with Gasteiger partial charge in [0.1, 0.15) is 11.6 Å². The SMILES string of the molecule is Cc1occc1C(=O)Nc1ccc2c(c1F)CCNC2. The van der Waals surface area contributed by atoms with E-state index in [0.717, 1.165) is 12.1 Å². The molecule has 1 aliphatic rings. The molecule has 5 heteroatoms. The van der Waals surface area contributed by atoms with Crippen LogP contribution in [0.3, 0.4) is 0 Å². The molecule has 1 aromatic carbocycles. The molecule has 1 aliphatic heterocycles. The summed E-state index contributed by atoms with van der Waals surface area (Å²) in [7, 11) is 0. The highest BCUT2D eigenvalue weighted by Gasteiger charge is 2.19. The van der Waals surface area contributed by atoms with E-state index in [2.05, 4.69) is 10.6 Å². The van der Waals surface area contributed by atoms with Gasteiger partial charge in [0, 0.05) is 6.54 Å². The lowest BCUT2D eigenvalue weighted by molar-refractivity contribution is 0.102. The summed E-state index contributed by atoms with van der Waals surface area (Å²) in [5.41, 5.74) is 2.27. The number of anilines is 1. The number of hydrogen-bond donors (Lipinski definition) is 2. The zero-order chi connectivity index (χ0) is 14.1. The summed E-state index contributed by atoms with van der Waals surface area (Å²) in [6.07, 6.45) is 2.08. The zero-order valence-electron chi connectivity index (χ0n) is 11.1. The van der Waals surface area contributed by atoms with Crippen LogP contribution in [0.2, 0.25) is 0 Å². The van der Waals surface area contributed by atoms with Gasteiger partial charge in [-0.25, -0.2) is 4.39 Å². The first-order valence-corrected chi connectivity index (χ1v) is 6.53. The van der Waals surface area contributed by atoms with Crippen molar-refractivity contribution in [2.24, 2.45) is 0 Å². The van der Waals surface area contributed by atoms with Gasteiger partial charge in [0.2, 0.25) is 0 Å². The van der Waals surface area contributed by atoms with Gasteiger partial charge in [0.15, 0.2) is 0 Å². The van der Waals surface area contributed by atoms with Gasteiger partial charge < -0.3 is 15.1 Å². The summed E-state index contributed by atoms with van der Waals surface area (Å²) in [6.45, 7) is 3.12. The lowest BCUT2D eigenvalue weighted by atomic mass is 9.99. The van der Waals surface area contributed by atoms with E-state index >= 15 is 0 Å². The van der Waals surface area contributed by atoms with Crippen molar-refractivity contribution in [3.8, 4) is 0 Å². The second-order valence-corrected chi connectivity index (χ2v) is 4.84. The highest BCUT2D eigenvalue weighted by molar-refractivity contribution is 6.05. The third-order valence-corrected chi connectivity index (χ3v) is 3.56. The monoisotopic (exact) mass is 274 g/mol. The van der Waals surface area contributed by atoms with Gasteiger partial charge in [-0.2, -0.15) is 0 Å². The highest BCUT2D eigenvalue weighted by Crippen LogP contribution is 2.25. The number of furan rings is 1. The molecule has 0 saturated carbocycles. The average molecular weight is 274 g/mol. The summed E-state index contributed by atoms with van der Waals surface area (Å²) in [4.78, 5) is 12.1. The predicted octanol–water partition coefficient (Wildman–Crippen LogP) is 2.63. The number of nitrogens with one attached hydrogen (secondary N) is 2. The van der Waals surface area contributed by atoms with E-state index in [-0.39, 0.29) is 17.4 Å². The van der Waals surface area contributed by atoms with E-state index < -0.39 is 0 Å². The second-order valence-electron chi connectivity index (χ2n) is 4.84. The molecule has 104 valence electrons. The fourth-order valence-corrected chi connectivity index (χ4v) is 2.44. The Morgan fingerprint density at radius 1 is 1.40 bits per heavy atom. The number of hydrogen-bond acceptors (Lipinski definition) is 3. The first-order valence-electron chi connectivity index (χ1n) is 6.53. The third-order valence-electron chi connectivity index (χ3n) is 3.56. The van der Waals surface area contributed by atoms with Crippen molar-refractivity contribution >= 4 is 11.6 Å². The second kappa shape index (κ2) is 5.09. The standard InChI is InChI=1S/C15H15FN2O2/c1-9-11(5-7-20-9)15(19)18-13-3-2-10-8-17-6-4-12(10)14(13)16/h2-3,5,7,17H,4,6,8H2,1H3,(H,18,19). The number of aryl methyl sites for hydroxylation is 1. The van der Waals surface area contributed by atoms with Crippen LogP contribution >= 0.6 is 0 Å². The number of rotatable bonds is 2. The van der Waals surface area contributed by atoms with Crippen LogP contribution in [0, 0.1) is 12.7 Å². The Labute approximate surface area is 116 Å². The molecule has 0 aliphatic carbocycles. The quantitative estimate of drug-likeness (QED) is 0.885. The van der Waals surface area contributed by atoms with Crippen molar-refractivity contribution in [3.63, 3.8) is 0 Å². The van der Waals surface area contributed by atoms with Crippen LogP contribution in [0.15, 0.2) is 28.9 Å². The Morgan fingerprint density at radius 3 is 3.00 bits per heavy atom. The minimum absolute atomic E-state index is 0.219. The van der Waals surface area contributed by atoms with E-state index in [0.29, 0.717) is 29.9 Å². The number of amides is 1. The lowest BCUT2D eigenvalue weighted by Crippen LogP contribution is -2.25. The van der Waals surface area contributed by atoms with E-state index in [9.17, 15) is 9.18 Å². The Kier molecular flexibility index (Phi) is 3.28. The number of carbonyl (C=O) groups excluding carboxylic acids is 1. The van der Waals surface area contributed by atoms with Crippen LogP contribution in [0.25, 0.3) is 0 Å². The molecule has 1 aromatic heterocycles. The molecular formula is C15H15FN2O2. The number of halogens is 1. The molecule has 2 heterocycles. The molecule has 0 fully saturated rings. The minimum atomic E-state index is -0.357. The molecule has 0 saturated heterocycles. The van der Waals surface area contributed by atoms with Gasteiger partial charge in [-0.15, -0.1) is 0 Å². The van der Waals surface area contributed by atoms with E-state index in [4.69, 9.17) is 4.42 Å². The molecule has 4 nitrogen and oxygen atoms in total. The summed E-state index contributed by atoms with van der Waals surface area (Å²) >= 11 is 0. The van der Waals surface area contributed by atoms with E-state index in [1.807, 2.05) is 6.07 Å². The van der Waals surface area contributed by atoms with Crippen LogP contribution in [0.5, 0.6) is 0 Å². The van der Waals surface area contributed by atoms with Crippen LogP contribution < -0.4 is 10.6 Å². The third kappa shape index (κ3) is 2.20. The van der Waals surface area contributed by atoms with Crippen LogP contribution in [0.1, 0.15) is 27.2 Å². The molecule has 3 rings (SSSR count). The van der Waals surface area contributed by atoms with E-state index in [1.54, 1.807) is 19.1 Å². The molecule has 0 radical (unpaired) electrons. The van der Waals surface area contributed by atoms with Gasteiger partial charge in [-0.3, -0.25) is 4.79 Å². The smallest absolute Gasteiger partial charge is 0.259 e. The molecule has 0 bridgehead atoms. The van der Waals surface area contributed by atoms with Crippen LogP contribution in [-0.4, -0.2) is 12.5 Å². The minimum Gasteiger partial charge on any atom is -0.469 e. The topological polar surface area (TPSA) is 54.3 Å². The Balaban J connectivity index is 1.88. The average Bonchev–Trinajstić information content (AvgIpc) is 2.88. The molecule has 2 aromatic rings. The summed E-state index contributed by atoms with van der Waals surface area (Å²) in [5, 5.41) is 5.80. The zero-order valence-corrected chi connectivity index (χ0v) is 11.1. The number of benzene rings is 1. The summed E-state index contributed by atoms with van der Waals surface area (Å²) in [5.74, 6) is -0.174.